The molecule has 0 radical (unpaired) electrons. The van der Waals surface area contributed by atoms with Gasteiger partial charge in [0.1, 0.15) is 11.4 Å². The van der Waals surface area contributed by atoms with Gasteiger partial charge >= 0.3 is 0 Å². The number of aromatic hydroxyl groups is 1. The van der Waals surface area contributed by atoms with E-state index in [1.807, 2.05) is 6.07 Å². The van der Waals surface area contributed by atoms with Gasteiger partial charge in [0.25, 0.3) is 5.91 Å². The Morgan fingerprint density at radius 3 is 2.74 bits per heavy atom. The van der Waals surface area contributed by atoms with Crippen molar-refractivity contribution in [2.45, 2.75) is 13.5 Å². The SMILES string of the molecule is CC(=O)c1cccc(CNC(=O)c2cc3cc(O)ccc3[nH]2)c1. The minimum absolute atomic E-state index is 0.00592. The van der Waals surface area contributed by atoms with Crippen LogP contribution in [0.25, 0.3) is 10.9 Å². The number of benzene rings is 2. The summed E-state index contributed by atoms with van der Waals surface area (Å²) in [5, 5.41) is 13.0. The van der Waals surface area contributed by atoms with E-state index in [1.165, 1.54) is 6.92 Å². The van der Waals surface area contributed by atoms with Gasteiger partial charge in [-0.25, -0.2) is 0 Å². The number of H-pyrrole nitrogens is 1. The second-order valence-electron chi connectivity index (χ2n) is 5.39. The number of carbonyl (C=O) groups excluding carboxylic acids is 2. The predicted molar refractivity (Wildman–Crippen MR) is 87.6 cm³/mol. The number of aromatic nitrogens is 1. The van der Waals surface area contributed by atoms with E-state index in [0.717, 1.165) is 16.5 Å². The topological polar surface area (TPSA) is 82.2 Å². The molecule has 116 valence electrons. The van der Waals surface area contributed by atoms with Gasteiger partial charge in [0.05, 0.1) is 0 Å². The molecule has 5 nitrogen and oxygen atoms in total. The van der Waals surface area contributed by atoms with Gasteiger partial charge in [-0.15, -0.1) is 0 Å². The molecule has 1 heterocycles. The molecule has 0 atom stereocenters. The maximum Gasteiger partial charge on any atom is 0.267 e. The molecule has 0 aliphatic heterocycles. The maximum atomic E-state index is 12.2. The molecule has 1 amide bonds. The molecule has 0 aliphatic rings. The summed E-state index contributed by atoms with van der Waals surface area (Å²) >= 11 is 0. The van der Waals surface area contributed by atoms with Crippen molar-refractivity contribution < 1.29 is 14.7 Å². The third-order valence-corrected chi connectivity index (χ3v) is 3.64. The fourth-order valence-corrected chi connectivity index (χ4v) is 2.42. The van der Waals surface area contributed by atoms with Crippen LogP contribution in [0.4, 0.5) is 0 Å². The van der Waals surface area contributed by atoms with Gasteiger partial charge in [-0.3, -0.25) is 9.59 Å². The number of rotatable bonds is 4. The molecule has 5 heteroatoms. The summed E-state index contributed by atoms with van der Waals surface area (Å²) < 4.78 is 0. The van der Waals surface area contributed by atoms with Gasteiger partial charge in [-0.05, 0) is 42.8 Å². The first-order valence-electron chi connectivity index (χ1n) is 7.23. The molecule has 3 aromatic rings. The summed E-state index contributed by atoms with van der Waals surface area (Å²) in [5.41, 5.74) is 2.69. The van der Waals surface area contributed by atoms with Crippen LogP contribution in [0.3, 0.4) is 0 Å². The number of hydrogen-bond donors (Lipinski definition) is 3. The van der Waals surface area contributed by atoms with Gasteiger partial charge in [-0.1, -0.05) is 18.2 Å². The Morgan fingerprint density at radius 1 is 1.13 bits per heavy atom. The monoisotopic (exact) mass is 308 g/mol. The quantitative estimate of drug-likeness (QED) is 0.648. The molecule has 1 aromatic heterocycles. The molecular weight excluding hydrogens is 292 g/mol. The van der Waals surface area contributed by atoms with Gasteiger partial charge in [-0.2, -0.15) is 0 Å². The van der Waals surface area contributed by atoms with E-state index >= 15 is 0 Å². The van der Waals surface area contributed by atoms with Gasteiger partial charge in [0, 0.05) is 23.0 Å². The molecule has 3 rings (SSSR count). The standard InChI is InChI=1S/C18H16N2O3/c1-11(21)13-4-2-3-12(7-13)10-19-18(23)17-9-14-8-15(22)5-6-16(14)20-17/h2-9,20,22H,10H2,1H3,(H,19,23). The van der Waals surface area contributed by atoms with Crippen LogP contribution in [-0.4, -0.2) is 21.8 Å². The van der Waals surface area contributed by atoms with Crippen LogP contribution in [0.2, 0.25) is 0 Å². The molecule has 0 saturated carbocycles. The molecule has 0 saturated heterocycles. The summed E-state index contributed by atoms with van der Waals surface area (Å²) in [6.45, 7) is 1.85. The fourth-order valence-electron chi connectivity index (χ4n) is 2.42. The summed E-state index contributed by atoms with van der Waals surface area (Å²) in [5.74, 6) is -0.0907. The number of hydrogen-bond acceptors (Lipinski definition) is 3. The van der Waals surface area contributed by atoms with E-state index in [0.29, 0.717) is 17.8 Å². The lowest BCUT2D eigenvalue weighted by Gasteiger charge is -2.05. The Bertz CT molecular complexity index is 896. The Kier molecular flexibility index (Phi) is 3.85. The van der Waals surface area contributed by atoms with Gasteiger partial charge < -0.3 is 15.4 Å². The number of nitrogens with one attached hydrogen (secondary N) is 2. The van der Waals surface area contributed by atoms with Crippen LogP contribution < -0.4 is 5.32 Å². The van der Waals surface area contributed by atoms with Crippen LogP contribution in [0.5, 0.6) is 5.75 Å². The second kappa shape index (κ2) is 5.96. The number of ketones is 1. The van der Waals surface area contributed by atoms with Gasteiger partial charge in [0.15, 0.2) is 5.78 Å². The van der Waals surface area contributed by atoms with Crippen molar-refractivity contribution in [1.29, 1.82) is 0 Å². The highest BCUT2D eigenvalue weighted by Gasteiger charge is 2.10. The molecule has 0 spiro atoms. The molecule has 3 N–H and O–H groups in total. The highest BCUT2D eigenvalue weighted by atomic mass is 16.3. The minimum Gasteiger partial charge on any atom is -0.508 e. The first kappa shape index (κ1) is 14.8. The Balaban J connectivity index is 1.73. The Labute approximate surface area is 133 Å². The summed E-state index contributed by atoms with van der Waals surface area (Å²) in [7, 11) is 0. The Hall–Kier alpha value is -3.08. The molecule has 0 fully saturated rings. The number of Topliss-reactive ketones (excluding diaryl/α,β-unsaturated/α-hetero) is 1. The van der Waals surface area contributed by atoms with E-state index in [2.05, 4.69) is 10.3 Å². The average Bonchev–Trinajstić information content (AvgIpc) is 2.96. The highest BCUT2D eigenvalue weighted by Crippen LogP contribution is 2.20. The van der Waals surface area contributed by atoms with Crippen LogP contribution in [-0.2, 0) is 6.54 Å². The van der Waals surface area contributed by atoms with Crippen LogP contribution in [0, 0.1) is 0 Å². The zero-order valence-corrected chi connectivity index (χ0v) is 12.6. The van der Waals surface area contributed by atoms with Crippen molar-refractivity contribution in [3.05, 3.63) is 65.4 Å². The number of phenols is 1. The van der Waals surface area contributed by atoms with E-state index in [1.54, 1.807) is 42.5 Å². The normalized spacial score (nSPS) is 10.7. The molecule has 2 aromatic carbocycles. The van der Waals surface area contributed by atoms with Crippen LogP contribution >= 0.6 is 0 Å². The van der Waals surface area contributed by atoms with Crippen molar-refractivity contribution >= 4 is 22.6 Å². The van der Waals surface area contributed by atoms with Crippen molar-refractivity contribution in [1.82, 2.24) is 10.3 Å². The van der Waals surface area contributed by atoms with E-state index < -0.39 is 0 Å². The molecule has 23 heavy (non-hydrogen) atoms. The molecule has 0 bridgehead atoms. The summed E-state index contributed by atoms with van der Waals surface area (Å²) in [4.78, 5) is 26.6. The van der Waals surface area contributed by atoms with Crippen LogP contribution in [0.1, 0.15) is 33.3 Å². The highest BCUT2D eigenvalue weighted by molar-refractivity contribution is 5.98. The largest absolute Gasteiger partial charge is 0.508 e. The average molecular weight is 308 g/mol. The number of carbonyl (C=O) groups is 2. The van der Waals surface area contributed by atoms with Crippen molar-refractivity contribution in [3.63, 3.8) is 0 Å². The predicted octanol–water partition coefficient (Wildman–Crippen LogP) is 3.01. The number of phenolic OH excluding ortho intramolecular Hbond substituents is 1. The fraction of sp³-hybridized carbons (Fsp3) is 0.111. The minimum atomic E-state index is -0.242. The third kappa shape index (κ3) is 3.23. The summed E-state index contributed by atoms with van der Waals surface area (Å²) in [6.07, 6.45) is 0. The first-order valence-corrected chi connectivity index (χ1v) is 7.23. The number of aromatic amines is 1. The van der Waals surface area contributed by atoms with E-state index in [-0.39, 0.29) is 17.4 Å². The number of amides is 1. The molecule has 0 aliphatic carbocycles. The Morgan fingerprint density at radius 2 is 1.96 bits per heavy atom. The lowest BCUT2D eigenvalue weighted by Crippen LogP contribution is -2.23. The molecule has 0 unspecified atom stereocenters. The lowest BCUT2D eigenvalue weighted by molar-refractivity contribution is 0.0946. The maximum absolute atomic E-state index is 12.2. The van der Waals surface area contributed by atoms with Crippen LogP contribution in [0.15, 0.2) is 48.5 Å². The zero-order chi connectivity index (χ0) is 16.4. The van der Waals surface area contributed by atoms with Crippen molar-refractivity contribution in [3.8, 4) is 5.75 Å². The second-order valence-corrected chi connectivity index (χ2v) is 5.39. The van der Waals surface area contributed by atoms with E-state index in [4.69, 9.17) is 0 Å². The zero-order valence-electron chi connectivity index (χ0n) is 12.6. The number of fused-ring (bicyclic) bond motifs is 1. The summed E-state index contributed by atoms with van der Waals surface area (Å²) in [6, 6.07) is 13.7. The van der Waals surface area contributed by atoms with Crippen molar-refractivity contribution in [2.75, 3.05) is 0 Å². The molecular formula is C18H16N2O3. The van der Waals surface area contributed by atoms with E-state index in [9.17, 15) is 14.7 Å². The first-order chi connectivity index (χ1) is 11.0. The van der Waals surface area contributed by atoms with Gasteiger partial charge in [0.2, 0.25) is 0 Å². The smallest absolute Gasteiger partial charge is 0.267 e. The lowest BCUT2D eigenvalue weighted by atomic mass is 10.1. The van der Waals surface area contributed by atoms with Crippen molar-refractivity contribution in [2.24, 2.45) is 0 Å². The third-order valence-electron chi connectivity index (χ3n) is 3.64.